The Bertz CT molecular complexity index is 466. The van der Waals surface area contributed by atoms with Gasteiger partial charge in [-0.1, -0.05) is 37.8 Å². The van der Waals surface area contributed by atoms with Crippen LogP contribution in [0.3, 0.4) is 0 Å². The van der Waals surface area contributed by atoms with Crippen LogP contribution < -0.4 is 0 Å². The summed E-state index contributed by atoms with van der Waals surface area (Å²) in [5.41, 5.74) is 0. The van der Waals surface area contributed by atoms with Gasteiger partial charge in [0.25, 0.3) is 0 Å². The molecule has 0 aromatic rings. The lowest BCUT2D eigenvalue weighted by atomic mass is 9.74. The van der Waals surface area contributed by atoms with Gasteiger partial charge in [0.1, 0.15) is 0 Å². The highest BCUT2D eigenvalue weighted by molar-refractivity contribution is 5.66. The first-order valence-corrected chi connectivity index (χ1v) is 11.2. The minimum Gasteiger partial charge on any atom is -0.481 e. The summed E-state index contributed by atoms with van der Waals surface area (Å²) < 4.78 is 0. The quantitative estimate of drug-likeness (QED) is 0.373. The standard InChI is InChI=1S/C23H38O3/c24-20(15-17-7-5-6-8-17)13-14-22-19-12-11-18(16-19)21(22)9-3-1-2-4-10-23(25)26/h1,3,17-22,24H,2,4-16H2,(H,25,26)/t18-,19+,20?,21-,22+/m1/s1. The average Bonchev–Trinajstić information content (AvgIpc) is 3.33. The van der Waals surface area contributed by atoms with Crippen molar-refractivity contribution in [2.24, 2.45) is 29.6 Å². The number of aliphatic hydroxyl groups is 1. The third-order valence-corrected chi connectivity index (χ3v) is 7.52. The van der Waals surface area contributed by atoms with Gasteiger partial charge >= 0.3 is 5.97 Å². The van der Waals surface area contributed by atoms with Crippen LogP contribution in [0.1, 0.15) is 89.9 Å². The molecule has 148 valence electrons. The molecule has 0 heterocycles. The van der Waals surface area contributed by atoms with Crippen molar-refractivity contribution in [1.82, 2.24) is 0 Å². The van der Waals surface area contributed by atoms with Crippen LogP contribution in [0.2, 0.25) is 0 Å². The smallest absolute Gasteiger partial charge is 0.303 e. The molecule has 5 atom stereocenters. The number of carboxylic acids is 1. The number of aliphatic hydroxyl groups excluding tert-OH is 1. The highest BCUT2D eigenvalue weighted by Gasteiger charge is 2.46. The summed E-state index contributed by atoms with van der Waals surface area (Å²) in [6.45, 7) is 0. The van der Waals surface area contributed by atoms with Crippen molar-refractivity contribution < 1.29 is 15.0 Å². The van der Waals surface area contributed by atoms with Gasteiger partial charge in [-0.05, 0) is 87.4 Å². The van der Waals surface area contributed by atoms with Gasteiger partial charge < -0.3 is 10.2 Å². The first-order valence-electron chi connectivity index (χ1n) is 11.2. The predicted molar refractivity (Wildman–Crippen MR) is 105 cm³/mol. The summed E-state index contributed by atoms with van der Waals surface area (Å²) in [6, 6.07) is 0. The molecule has 0 aromatic carbocycles. The zero-order valence-corrected chi connectivity index (χ0v) is 16.3. The van der Waals surface area contributed by atoms with Crippen LogP contribution >= 0.6 is 0 Å². The molecule has 26 heavy (non-hydrogen) atoms. The molecule has 3 fully saturated rings. The van der Waals surface area contributed by atoms with Gasteiger partial charge in [0, 0.05) is 6.42 Å². The number of carboxylic acid groups (broad SMARTS) is 1. The van der Waals surface area contributed by atoms with Crippen molar-refractivity contribution in [2.75, 3.05) is 0 Å². The van der Waals surface area contributed by atoms with E-state index in [0.717, 1.165) is 61.7 Å². The first-order chi connectivity index (χ1) is 12.6. The number of allylic oxidation sites excluding steroid dienone is 2. The second-order valence-corrected chi connectivity index (χ2v) is 9.27. The Labute approximate surface area is 159 Å². The van der Waals surface area contributed by atoms with Crippen LogP contribution in [0.4, 0.5) is 0 Å². The van der Waals surface area contributed by atoms with Crippen LogP contribution in [0.25, 0.3) is 0 Å². The third kappa shape index (κ3) is 5.58. The lowest BCUT2D eigenvalue weighted by molar-refractivity contribution is -0.137. The normalized spacial score (nSPS) is 32.7. The van der Waals surface area contributed by atoms with Crippen molar-refractivity contribution in [3.8, 4) is 0 Å². The van der Waals surface area contributed by atoms with E-state index < -0.39 is 5.97 Å². The molecule has 0 amide bonds. The number of hydrogen-bond donors (Lipinski definition) is 2. The van der Waals surface area contributed by atoms with Crippen molar-refractivity contribution >= 4 is 5.97 Å². The third-order valence-electron chi connectivity index (χ3n) is 7.52. The van der Waals surface area contributed by atoms with Crippen LogP contribution in [0.15, 0.2) is 12.2 Å². The monoisotopic (exact) mass is 362 g/mol. The zero-order chi connectivity index (χ0) is 18.4. The van der Waals surface area contributed by atoms with Crippen molar-refractivity contribution in [1.29, 1.82) is 0 Å². The fourth-order valence-electron chi connectivity index (χ4n) is 6.22. The van der Waals surface area contributed by atoms with Gasteiger partial charge in [0.2, 0.25) is 0 Å². The molecule has 2 N–H and O–H groups in total. The van der Waals surface area contributed by atoms with E-state index in [0.29, 0.717) is 0 Å². The van der Waals surface area contributed by atoms with Gasteiger partial charge in [0.05, 0.1) is 6.10 Å². The Kier molecular flexibility index (Phi) is 7.60. The lowest BCUT2D eigenvalue weighted by Crippen LogP contribution is -2.24. The van der Waals surface area contributed by atoms with Crippen molar-refractivity contribution in [3.63, 3.8) is 0 Å². The van der Waals surface area contributed by atoms with E-state index in [1.54, 1.807) is 0 Å². The SMILES string of the molecule is O=C(O)CCCC=CC[C@@H]1[C@@H]2CC[C@@H](C2)[C@@H]1CCC(O)CC1CCCC1. The molecule has 3 rings (SSSR count). The Balaban J connectivity index is 1.40. The maximum absolute atomic E-state index is 10.6. The maximum Gasteiger partial charge on any atom is 0.303 e. The summed E-state index contributed by atoms with van der Waals surface area (Å²) in [5.74, 6) is 3.53. The molecule has 2 bridgehead atoms. The van der Waals surface area contributed by atoms with E-state index in [4.69, 9.17) is 5.11 Å². The summed E-state index contributed by atoms with van der Waals surface area (Å²) in [7, 11) is 0. The van der Waals surface area contributed by atoms with E-state index >= 15 is 0 Å². The van der Waals surface area contributed by atoms with Crippen LogP contribution in [0.5, 0.6) is 0 Å². The summed E-state index contributed by atoms with van der Waals surface area (Å²) in [4.78, 5) is 10.6. The highest BCUT2D eigenvalue weighted by Crippen LogP contribution is 2.55. The number of unbranched alkanes of at least 4 members (excludes halogenated alkanes) is 1. The minimum absolute atomic E-state index is 0.0792. The lowest BCUT2D eigenvalue weighted by Gasteiger charge is -2.31. The van der Waals surface area contributed by atoms with Crippen molar-refractivity contribution in [3.05, 3.63) is 12.2 Å². The number of aliphatic carboxylic acids is 1. The van der Waals surface area contributed by atoms with Crippen LogP contribution in [0, 0.1) is 29.6 Å². The molecule has 3 aliphatic carbocycles. The molecule has 0 aromatic heterocycles. The van der Waals surface area contributed by atoms with E-state index in [-0.39, 0.29) is 12.5 Å². The largest absolute Gasteiger partial charge is 0.481 e. The van der Waals surface area contributed by atoms with Gasteiger partial charge in [-0.2, -0.15) is 0 Å². The molecule has 3 aliphatic rings. The molecule has 0 spiro atoms. The maximum atomic E-state index is 10.6. The summed E-state index contributed by atoms with van der Waals surface area (Å²) in [5, 5.41) is 19.2. The molecule has 0 saturated heterocycles. The topological polar surface area (TPSA) is 57.5 Å². The second-order valence-electron chi connectivity index (χ2n) is 9.27. The first kappa shape index (κ1) is 19.9. The van der Waals surface area contributed by atoms with E-state index in [9.17, 15) is 9.90 Å². The van der Waals surface area contributed by atoms with E-state index in [2.05, 4.69) is 12.2 Å². The van der Waals surface area contributed by atoms with E-state index in [1.165, 1.54) is 51.4 Å². The Morgan fingerprint density at radius 3 is 2.50 bits per heavy atom. The molecule has 0 radical (unpaired) electrons. The molecule has 1 unspecified atom stereocenters. The van der Waals surface area contributed by atoms with Gasteiger partial charge in [0.15, 0.2) is 0 Å². The average molecular weight is 363 g/mol. The second kappa shape index (κ2) is 9.92. The number of carbonyl (C=O) groups is 1. The summed E-state index contributed by atoms with van der Waals surface area (Å²) in [6.07, 6.45) is 20.4. The molecule has 3 nitrogen and oxygen atoms in total. The summed E-state index contributed by atoms with van der Waals surface area (Å²) >= 11 is 0. The minimum atomic E-state index is -0.692. The van der Waals surface area contributed by atoms with Gasteiger partial charge in [-0.25, -0.2) is 0 Å². The van der Waals surface area contributed by atoms with Gasteiger partial charge in [-0.3, -0.25) is 4.79 Å². The number of hydrogen-bond acceptors (Lipinski definition) is 2. The molecule has 0 aliphatic heterocycles. The molecule has 3 heteroatoms. The van der Waals surface area contributed by atoms with Crippen molar-refractivity contribution in [2.45, 2.75) is 96.0 Å². The molecular weight excluding hydrogens is 324 g/mol. The fraction of sp³-hybridized carbons (Fsp3) is 0.870. The zero-order valence-electron chi connectivity index (χ0n) is 16.3. The Morgan fingerprint density at radius 1 is 1.04 bits per heavy atom. The number of rotatable bonds is 11. The van der Waals surface area contributed by atoms with Crippen LogP contribution in [-0.4, -0.2) is 22.3 Å². The van der Waals surface area contributed by atoms with Gasteiger partial charge in [-0.15, -0.1) is 0 Å². The Hall–Kier alpha value is -0.830. The highest BCUT2D eigenvalue weighted by atomic mass is 16.4. The van der Waals surface area contributed by atoms with E-state index in [1.807, 2.05) is 0 Å². The predicted octanol–water partition coefficient (Wildman–Crippen LogP) is 5.57. The Morgan fingerprint density at radius 2 is 1.77 bits per heavy atom. The molecule has 3 saturated carbocycles. The fourth-order valence-corrected chi connectivity index (χ4v) is 6.22. The number of fused-ring (bicyclic) bond motifs is 2. The van der Waals surface area contributed by atoms with Crippen LogP contribution in [-0.2, 0) is 4.79 Å². The molecular formula is C23H38O3.